The van der Waals surface area contributed by atoms with Gasteiger partial charge in [0.25, 0.3) is 0 Å². The molecule has 28 heavy (non-hydrogen) atoms. The first-order valence-corrected chi connectivity index (χ1v) is 12.3. The van der Waals surface area contributed by atoms with Gasteiger partial charge in [-0.3, -0.25) is 0 Å². The van der Waals surface area contributed by atoms with E-state index in [1.54, 1.807) is 0 Å². The van der Waals surface area contributed by atoms with Gasteiger partial charge in [0.1, 0.15) is 0 Å². The van der Waals surface area contributed by atoms with Crippen LogP contribution in [0, 0.1) is 5.92 Å². The highest BCUT2D eigenvalue weighted by atomic mass is 79.9. The molecule has 0 bridgehead atoms. The van der Waals surface area contributed by atoms with Crippen molar-refractivity contribution in [2.45, 2.75) is 44.9 Å². The SMILES string of the molecule is CC(C)c1cccc(CN[C@H]2CS(=O)(=O)C[C@@H](Cc3cccc(Br)c3)[C@@H]2O)c1. The van der Waals surface area contributed by atoms with Gasteiger partial charge in [-0.1, -0.05) is 66.2 Å². The van der Waals surface area contributed by atoms with Crippen LogP contribution in [-0.4, -0.2) is 37.2 Å². The lowest BCUT2D eigenvalue weighted by atomic mass is 9.91. The summed E-state index contributed by atoms with van der Waals surface area (Å²) in [5.74, 6) is 0.136. The fourth-order valence-electron chi connectivity index (χ4n) is 3.83. The molecule has 1 aliphatic rings. The Morgan fingerprint density at radius 3 is 2.54 bits per heavy atom. The molecule has 1 heterocycles. The summed E-state index contributed by atoms with van der Waals surface area (Å²) in [5.41, 5.74) is 3.38. The molecule has 3 rings (SSSR count). The van der Waals surface area contributed by atoms with Gasteiger partial charge in [0.2, 0.25) is 0 Å². The summed E-state index contributed by atoms with van der Waals surface area (Å²) >= 11 is 3.45. The van der Waals surface area contributed by atoms with Crippen molar-refractivity contribution in [3.05, 3.63) is 69.7 Å². The number of aliphatic hydroxyl groups excluding tert-OH is 1. The molecule has 2 aromatic carbocycles. The van der Waals surface area contributed by atoms with Crippen molar-refractivity contribution in [1.29, 1.82) is 0 Å². The molecule has 0 unspecified atom stereocenters. The average molecular weight is 466 g/mol. The van der Waals surface area contributed by atoms with Crippen LogP contribution in [0.5, 0.6) is 0 Å². The highest BCUT2D eigenvalue weighted by Gasteiger charge is 2.39. The van der Waals surface area contributed by atoms with Crippen LogP contribution in [0.3, 0.4) is 0 Å². The number of benzene rings is 2. The van der Waals surface area contributed by atoms with Crippen LogP contribution in [0.15, 0.2) is 53.0 Å². The zero-order chi connectivity index (χ0) is 20.3. The van der Waals surface area contributed by atoms with E-state index in [0.717, 1.165) is 15.6 Å². The molecular weight excluding hydrogens is 438 g/mol. The minimum Gasteiger partial charge on any atom is -0.391 e. The van der Waals surface area contributed by atoms with Gasteiger partial charge >= 0.3 is 0 Å². The first kappa shape index (κ1) is 21.5. The molecule has 2 aromatic rings. The van der Waals surface area contributed by atoms with E-state index in [2.05, 4.69) is 47.2 Å². The van der Waals surface area contributed by atoms with E-state index in [9.17, 15) is 13.5 Å². The normalized spacial score (nSPS) is 24.4. The molecule has 2 N–H and O–H groups in total. The third kappa shape index (κ3) is 5.66. The third-order valence-electron chi connectivity index (χ3n) is 5.37. The second-order valence-corrected chi connectivity index (χ2v) is 11.1. The summed E-state index contributed by atoms with van der Waals surface area (Å²) in [6, 6.07) is 15.7. The minimum atomic E-state index is -3.20. The van der Waals surface area contributed by atoms with Gasteiger partial charge in [-0.05, 0) is 41.2 Å². The van der Waals surface area contributed by atoms with Gasteiger partial charge in [-0.2, -0.15) is 0 Å². The van der Waals surface area contributed by atoms with Crippen molar-refractivity contribution in [2.24, 2.45) is 5.92 Å². The Labute approximate surface area is 176 Å². The predicted molar refractivity (Wildman–Crippen MR) is 117 cm³/mol. The maximum atomic E-state index is 12.5. The summed E-state index contributed by atoms with van der Waals surface area (Å²) in [4.78, 5) is 0. The smallest absolute Gasteiger partial charge is 0.152 e. The number of halogens is 1. The van der Waals surface area contributed by atoms with Gasteiger partial charge in [0.15, 0.2) is 9.84 Å². The lowest BCUT2D eigenvalue weighted by Gasteiger charge is -2.35. The first-order chi connectivity index (χ1) is 13.2. The standard InChI is InChI=1S/C22H28BrNO3S/c1-15(2)18-7-3-6-17(10-18)12-24-21-14-28(26,27)13-19(22(21)25)9-16-5-4-8-20(23)11-16/h3-8,10-11,15,19,21-22,24-25H,9,12-14H2,1-2H3/t19-,21+,22+/m1/s1. The summed E-state index contributed by atoms with van der Waals surface area (Å²) in [6.45, 7) is 4.84. The summed E-state index contributed by atoms with van der Waals surface area (Å²) in [6.07, 6.45) is -0.156. The predicted octanol–water partition coefficient (Wildman–Crippen LogP) is 3.68. The maximum absolute atomic E-state index is 12.5. The molecule has 4 nitrogen and oxygen atoms in total. The Morgan fingerprint density at radius 1 is 1.11 bits per heavy atom. The van der Waals surface area contributed by atoms with Gasteiger partial charge in [0.05, 0.1) is 17.6 Å². The first-order valence-electron chi connectivity index (χ1n) is 9.68. The van der Waals surface area contributed by atoms with Crippen molar-refractivity contribution in [2.75, 3.05) is 11.5 Å². The fourth-order valence-corrected chi connectivity index (χ4v) is 6.24. The largest absolute Gasteiger partial charge is 0.391 e. The minimum absolute atomic E-state index is 0.0208. The number of aliphatic hydroxyl groups is 1. The number of hydrogen-bond acceptors (Lipinski definition) is 4. The van der Waals surface area contributed by atoms with Crippen LogP contribution in [0.25, 0.3) is 0 Å². The maximum Gasteiger partial charge on any atom is 0.152 e. The zero-order valence-corrected chi connectivity index (χ0v) is 18.7. The van der Waals surface area contributed by atoms with Crippen LogP contribution in [0.4, 0.5) is 0 Å². The van der Waals surface area contributed by atoms with Gasteiger partial charge < -0.3 is 10.4 Å². The molecule has 152 valence electrons. The van der Waals surface area contributed by atoms with Crippen LogP contribution in [0.2, 0.25) is 0 Å². The van der Waals surface area contributed by atoms with E-state index in [1.165, 1.54) is 5.56 Å². The van der Waals surface area contributed by atoms with Crippen molar-refractivity contribution < 1.29 is 13.5 Å². The Bertz CT molecular complexity index is 914. The second-order valence-electron chi connectivity index (χ2n) is 8.05. The summed E-state index contributed by atoms with van der Waals surface area (Å²) < 4.78 is 25.9. The van der Waals surface area contributed by atoms with Gasteiger partial charge in [-0.25, -0.2) is 8.42 Å². The molecule has 1 fully saturated rings. The number of sulfone groups is 1. The van der Waals surface area contributed by atoms with Crippen molar-refractivity contribution >= 4 is 25.8 Å². The Morgan fingerprint density at radius 2 is 1.82 bits per heavy atom. The Balaban J connectivity index is 1.70. The van der Waals surface area contributed by atoms with Gasteiger partial charge in [-0.15, -0.1) is 0 Å². The molecule has 0 saturated carbocycles. The molecule has 0 radical (unpaired) electrons. The third-order valence-corrected chi connectivity index (χ3v) is 7.67. The van der Waals surface area contributed by atoms with E-state index in [0.29, 0.717) is 18.9 Å². The Hall–Kier alpha value is -1.21. The molecule has 0 amide bonds. The lowest BCUT2D eigenvalue weighted by Crippen LogP contribution is -2.54. The van der Waals surface area contributed by atoms with E-state index >= 15 is 0 Å². The molecule has 1 aliphatic heterocycles. The highest BCUT2D eigenvalue weighted by molar-refractivity contribution is 9.10. The van der Waals surface area contributed by atoms with Crippen molar-refractivity contribution in [1.82, 2.24) is 5.32 Å². The Kier molecular flexibility index (Phi) is 6.97. The molecule has 3 atom stereocenters. The number of rotatable bonds is 6. The number of nitrogens with one attached hydrogen (secondary N) is 1. The summed E-state index contributed by atoms with van der Waals surface area (Å²) in [7, 11) is -3.20. The van der Waals surface area contributed by atoms with Crippen molar-refractivity contribution in [3.8, 4) is 0 Å². The molecular formula is C22H28BrNO3S. The van der Waals surface area contributed by atoms with Crippen LogP contribution < -0.4 is 5.32 Å². The molecule has 1 saturated heterocycles. The molecule has 0 aliphatic carbocycles. The fraction of sp³-hybridized carbons (Fsp3) is 0.455. The molecule has 0 spiro atoms. The van der Waals surface area contributed by atoms with Crippen LogP contribution in [0.1, 0.15) is 36.5 Å². The van der Waals surface area contributed by atoms with Crippen molar-refractivity contribution in [3.63, 3.8) is 0 Å². The lowest BCUT2D eigenvalue weighted by molar-refractivity contribution is 0.0781. The zero-order valence-electron chi connectivity index (χ0n) is 16.3. The van der Waals surface area contributed by atoms with E-state index in [-0.39, 0.29) is 17.4 Å². The highest BCUT2D eigenvalue weighted by Crippen LogP contribution is 2.25. The van der Waals surface area contributed by atoms with Gasteiger partial charge in [0, 0.05) is 23.0 Å². The number of hydrogen-bond donors (Lipinski definition) is 2. The summed E-state index contributed by atoms with van der Waals surface area (Å²) in [5, 5.41) is 14.2. The average Bonchev–Trinajstić information content (AvgIpc) is 2.63. The topological polar surface area (TPSA) is 66.4 Å². The van der Waals surface area contributed by atoms with Crippen LogP contribution >= 0.6 is 15.9 Å². The van der Waals surface area contributed by atoms with Crippen LogP contribution in [-0.2, 0) is 22.8 Å². The molecule has 0 aromatic heterocycles. The van der Waals surface area contributed by atoms with E-state index < -0.39 is 22.0 Å². The molecule has 6 heteroatoms. The quantitative estimate of drug-likeness (QED) is 0.682. The second kappa shape index (κ2) is 9.08. The monoisotopic (exact) mass is 465 g/mol. The van der Waals surface area contributed by atoms with E-state index in [1.807, 2.05) is 36.4 Å². The van der Waals surface area contributed by atoms with E-state index in [4.69, 9.17) is 0 Å².